The van der Waals surface area contributed by atoms with Gasteiger partial charge in [-0.05, 0) is 24.5 Å². The number of nitrogen functional groups attached to an aromatic ring is 1. The third-order valence-electron chi connectivity index (χ3n) is 3.43. The van der Waals surface area contributed by atoms with E-state index in [2.05, 4.69) is 25.9 Å². The Hall–Kier alpha value is -3.02. The molecule has 0 radical (unpaired) electrons. The summed E-state index contributed by atoms with van der Waals surface area (Å²) in [6, 6.07) is 4.24. The number of carbonyl (C=O) groups is 2. The number of nitrogens with zero attached hydrogens (tertiary/aromatic N) is 2. The highest BCUT2D eigenvalue weighted by Gasteiger charge is 2.30. The lowest BCUT2D eigenvalue weighted by Crippen LogP contribution is -2.26. The summed E-state index contributed by atoms with van der Waals surface area (Å²) < 4.78 is 38.2. The SMILES string of the molecule is CNC(=O)c1c(NCC(=O)Nc2cccc(C(F)(F)F)c2)nc(N)nc1SC. The van der Waals surface area contributed by atoms with Crippen molar-refractivity contribution in [3.63, 3.8) is 0 Å². The number of benzene rings is 1. The van der Waals surface area contributed by atoms with Crippen molar-refractivity contribution >= 4 is 41.0 Å². The second-order valence-electron chi connectivity index (χ2n) is 5.37. The Balaban J connectivity index is 2.15. The van der Waals surface area contributed by atoms with Crippen LogP contribution in [0, 0.1) is 0 Å². The molecule has 0 atom stereocenters. The van der Waals surface area contributed by atoms with Gasteiger partial charge < -0.3 is 21.7 Å². The van der Waals surface area contributed by atoms with Gasteiger partial charge in [0.1, 0.15) is 16.4 Å². The molecule has 0 fully saturated rings. The van der Waals surface area contributed by atoms with Crippen molar-refractivity contribution in [2.75, 3.05) is 36.2 Å². The minimum Gasteiger partial charge on any atom is -0.368 e. The van der Waals surface area contributed by atoms with E-state index in [1.54, 1.807) is 6.26 Å². The van der Waals surface area contributed by atoms with E-state index in [9.17, 15) is 22.8 Å². The Bertz CT molecular complexity index is 891. The molecule has 0 aliphatic carbocycles. The summed E-state index contributed by atoms with van der Waals surface area (Å²) in [5.41, 5.74) is 4.83. The van der Waals surface area contributed by atoms with Gasteiger partial charge in [0.2, 0.25) is 11.9 Å². The lowest BCUT2D eigenvalue weighted by molar-refractivity contribution is -0.137. The quantitative estimate of drug-likeness (QED) is 0.422. The van der Waals surface area contributed by atoms with Crippen molar-refractivity contribution in [1.82, 2.24) is 15.3 Å². The largest absolute Gasteiger partial charge is 0.416 e. The van der Waals surface area contributed by atoms with Gasteiger partial charge in [0, 0.05) is 12.7 Å². The molecule has 0 aliphatic heterocycles. The van der Waals surface area contributed by atoms with E-state index in [0.29, 0.717) is 5.03 Å². The molecule has 2 rings (SSSR count). The maximum atomic E-state index is 12.7. The Kier molecular flexibility index (Phi) is 6.67. The van der Waals surface area contributed by atoms with E-state index in [1.807, 2.05) is 0 Å². The molecule has 2 amide bonds. The van der Waals surface area contributed by atoms with Crippen molar-refractivity contribution < 1.29 is 22.8 Å². The maximum Gasteiger partial charge on any atom is 0.416 e. The molecule has 150 valence electrons. The predicted octanol–water partition coefficient (Wildman–Crippen LogP) is 2.21. The van der Waals surface area contributed by atoms with Crippen LogP contribution in [-0.2, 0) is 11.0 Å². The van der Waals surface area contributed by atoms with Gasteiger partial charge in [0.15, 0.2) is 0 Å². The van der Waals surface area contributed by atoms with Gasteiger partial charge in [-0.15, -0.1) is 11.8 Å². The average molecular weight is 414 g/mol. The van der Waals surface area contributed by atoms with E-state index < -0.39 is 23.6 Å². The third-order valence-corrected chi connectivity index (χ3v) is 4.11. The normalized spacial score (nSPS) is 11.0. The van der Waals surface area contributed by atoms with Gasteiger partial charge in [-0.3, -0.25) is 9.59 Å². The number of amides is 2. The van der Waals surface area contributed by atoms with E-state index >= 15 is 0 Å². The van der Waals surface area contributed by atoms with Crippen molar-refractivity contribution in [2.45, 2.75) is 11.2 Å². The molecule has 8 nitrogen and oxygen atoms in total. The van der Waals surface area contributed by atoms with Gasteiger partial charge in [-0.2, -0.15) is 18.2 Å². The molecule has 0 aliphatic rings. The molecule has 28 heavy (non-hydrogen) atoms. The number of rotatable bonds is 6. The lowest BCUT2D eigenvalue weighted by Gasteiger charge is -2.14. The number of nitrogens with one attached hydrogen (secondary N) is 3. The van der Waals surface area contributed by atoms with Crippen LogP contribution in [0.25, 0.3) is 0 Å². The third kappa shape index (κ3) is 5.25. The number of halogens is 3. The van der Waals surface area contributed by atoms with E-state index in [1.165, 1.54) is 30.9 Å². The highest BCUT2D eigenvalue weighted by atomic mass is 32.2. The second kappa shape index (κ2) is 8.78. The molecule has 1 aromatic carbocycles. The predicted molar refractivity (Wildman–Crippen MR) is 100 cm³/mol. The smallest absolute Gasteiger partial charge is 0.368 e. The Morgan fingerprint density at radius 3 is 2.57 bits per heavy atom. The Morgan fingerprint density at radius 2 is 1.96 bits per heavy atom. The summed E-state index contributed by atoms with van der Waals surface area (Å²) in [7, 11) is 1.42. The highest BCUT2D eigenvalue weighted by Crippen LogP contribution is 2.30. The van der Waals surface area contributed by atoms with Crippen molar-refractivity contribution in [1.29, 1.82) is 0 Å². The van der Waals surface area contributed by atoms with Crippen LogP contribution in [0.5, 0.6) is 0 Å². The van der Waals surface area contributed by atoms with Crippen molar-refractivity contribution in [3.05, 3.63) is 35.4 Å². The zero-order valence-electron chi connectivity index (χ0n) is 14.8. The summed E-state index contributed by atoms with van der Waals surface area (Å²) in [6.07, 6.45) is -2.83. The fraction of sp³-hybridized carbons (Fsp3) is 0.250. The minimum atomic E-state index is -4.52. The maximum absolute atomic E-state index is 12.7. The number of alkyl halides is 3. The fourth-order valence-corrected chi connectivity index (χ4v) is 2.78. The molecule has 0 saturated heterocycles. The van der Waals surface area contributed by atoms with Crippen LogP contribution in [0.2, 0.25) is 0 Å². The molecular weight excluding hydrogens is 397 g/mol. The summed E-state index contributed by atoms with van der Waals surface area (Å²) in [5.74, 6) is -1.18. The fourth-order valence-electron chi connectivity index (χ4n) is 2.20. The van der Waals surface area contributed by atoms with E-state index in [0.717, 1.165) is 12.1 Å². The molecule has 1 heterocycles. The van der Waals surface area contributed by atoms with E-state index in [-0.39, 0.29) is 29.6 Å². The summed E-state index contributed by atoms with van der Waals surface area (Å²) in [4.78, 5) is 32.1. The number of aromatic nitrogens is 2. The minimum absolute atomic E-state index is 0.0137. The topological polar surface area (TPSA) is 122 Å². The van der Waals surface area contributed by atoms with Gasteiger partial charge in [-0.25, -0.2) is 4.98 Å². The van der Waals surface area contributed by atoms with Gasteiger partial charge in [0.25, 0.3) is 5.91 Å². The Morgan fingerprint density at radius 1 is 1.25 bits per heavy atom. The molecule has 1 aromatic heterocycles. The average Bonchev–Trinajstić information content (AvgIpc) is 2.64. The number of carbonyl (C=O) groups excluding carboxylic acids is 2. The monoisotopic (exact) mass is 414 g/mol. The van der Waals surface area contributed by atoms with Crippen LogP contribution in [0.15, 0.2) is 29.3 Å². The van der Waals surface area contributed by atoms with Crippen LogP contribution in [0.3, 0.4) is 0 Å². The molecule has 0 saturated carbocycles. The zero-order valence-corrected chi connectivity index (χ0v) is 15.7. The second-order valence-corrected chi connectivity index (χ2v) is 6.17. The highest BCUT2D eigenvalue weighted by molar-refractivity contribution is 7.98. The molecule has 12 heteroatoms. The molecule has 2 aromatic rings. The Labute approximate surface area is 162 Å². The lowest BCUT2D eigenvalue weighted by atomic mass is 10.2. The molecule has 0 spiro atoms. The molecule has 0 bridgehead atoms. The van der Waals surface area contributed by atoms with Crippen LogP contribution in [0.4, 0.5) is 30.6 Å². The number of thioether (sulfide) groups is 1. The van der Waals surface area contributed by atoms with Crippen molar-refractivity contribution in [3.8, 4) is 0 Å². The van der Waals surface area contributed by atoms with Crippen LogP contribution >= 0.6 is 11.8 Å². The van der Waals surface area contributed by atoms with Crippen LogP contribution < -0.4 is 21.7 Å². The zero-order chi connectivity index (χ0) is 20.9. The first-order valence-electron chi connectivity index (χ1n) is 7.80. The number of hydrogen-bond donors (Lipinski definition) is 4. The van der Waals surface area contributed by atoms with Gasteiger partial charge in [-0.1, -0.05) is 6.07 Å². The number of hydrogen-bond acceptors (Lipinski definition) is 7. The van der Waals surface area contributed by atoms with E-state index in [4.69, 9.17) is 5.73 Å². The number of anilines is 3. The standard InChI is InChI=1S/C16H17F3N6O2S/c1-21-13(27)11-12(24-15(20)25-14(11)28-2)22-7-10(26)23-9-5-3-4-8(6-9)16(17,18)19/h3-6H,7H2,1-2H3,(H,21,27)(H,23,26)(H3,20,22,24,25). The molecular formula is C16H17F3N6O2S. The van der Waals surface area contributed by atoms with Crippen molar-refractivity contribution in [2.24, 2.45) is 0 Å². The summed E-state index contributed by atoms with van der Waals surface area (Å²) in [5, 5.41) is 7.77. The van der Waals surface area contributed by atoms with Gasteiger partial charge >= 0.3 is 6.18 Å². The first kappa shape index (κ1) is 21.3. The first-order chi connectivity index (χ1) is 13.2. The number of nitrogens with two attached hydrogens (primary N) is 1. The van der Waals surface area contributed by atoms with Gasteiger partial charge in [0.05, 0.1) is 12.1 Å². The molecule has 5 N–H and O–H groups in total. The summed E-state index contributed by atoms with van der Waals surface area (Å²) in [6.45, 7) is -0.357. The first-order valence-corrected chi connectivity index (χ1v) is 9.02. The molecule has 0 unspecified atom stereocenters. The van der Waals surface area contributed by atoms with Crippen LogP contribution in [0.1, 0.15) is 15.9 Å². The summed E-state index contributed by atoms with van der Waals surface area (Å²) >= 11 is 1.17. The van der Waals surface area contributed by atoms with Crippen LogP contribution in [-0.4, -0.2) is 41.6 Å².